The molecule has 0 aliphatic carbocycles. The zero-order valence-corrected chi connectivity index (χ0v) is 20.5. The molecule has 1 aliphatic heterocycles. The molecule has 1 aromatic heterocycles. The number of carbonyl (C=O) groups is 1. The standard InChI is InChI=1S/C21H35N3O9S/c1-34-20-22-16-18-17-33-21(26)24(19(18)23-20)2-4-27-6-8-29-10-12-31-14-15-32-13-11-30-9-7-28-5-3-25/h16,25H,2-15,17H2,1H3. The fourth-order valence-corrected chi connectivity index (χ4v) is 3.07. The lowest BCUT2D eigenvalue weighted by Gasteiger charge is -2.27. The molecule has 0 saturated heterocycles. The maximum atomic E-state index is 12.1. The Hall–Kier alpha value is -1.58. The van der Waals surface area contributed by atoms with E-state index in [2.05, 4.69) is 9.97 Å². The minimum atomic E-state index is -0.435. The lowest BCUT2D eigenvalue weighted by atomic mass is 10.3. The van der Waals surface area contributed by atoms with Crippen molar-refractivity contribution in [2.24, 2.45) is 0 Å². The van der Waals surface area contributed by atoms with Crippen molar-refractivity contribution < 1.29 is 43.1 Å². The quantitative estimate of drug-likeness (QED) is 0.144. The van der Waals surface area contributed by atoms with Crippen molar-refractivity contribution in [2.45, 2.75) is 11.8 Å². The van der Waals surface area contributed by atoms with Crippen LogP contribution in [0.15, 0.2) is 11.4 Å². The third kappa shape index (κ3) is 11.7. The maximum absolute atomic E-state index is 12.1. The smallest absolute Gasteiger partial charge is 0.415 e. The van der Waals surface area contributed by atoms with Gasteiger partial charge in [0.2, 0.25) is 0 Å². The van der Waals surface area contributed by atoms with Crippen LogP contribution in [0.1, 0.15) is 5.56 Å². The second-order valence-corrected chi connectivity index (χ2v) is 7.58. The van der Waals surface area contributed by atoms with Crippen LogP contribution in [-0.2, 0) is 39.8 Å². The van der Waals surface area contributed by atoms with Gasteiger partial charge in [0.15, 0.2) is 5.16 Å². The number of hydrogen-bond acceptors (Lipinski definition) is 12. The number of rotatable bonds is 21. The van der Waals surface area contributed by atoms with Crippen molar-refractivity contribution in [2.75, 3.05) is 104 Å². The molecular formula is C21H35N3O9S. The predicted octanol–water partition coefficient (Wildman–Crippen LogP) is 0.747. The molecule has 0 saturated carbocycles. The van der Waals surface area contributed by atoms with Crippen molar-refractivity contribution in [3.63, 3.8) is 0 Å². The van der Waals surface area contributed by atoms with Crippen LogP contribution in [0, 0.1) is 0 Å². The molecular weight excluding hydrogens is 470 g/mol. The predicted molar refractivity (Wildman–Crippen MR) is 123 cm³/mol. The lowest BCUT2D eigenvalue weighted by Crippen LogP contribution is -2.39. The highest BCUT2D eigenvalue weighted by atomic mass is 32.2. The number of thioether (sulfide) groups is 1. The van der Waals surface area contributed by atoms with E-state index in [4.69, 9.17) is 38.3 Å². The Morgan fingerprint density at radius 3 is 1.88 bits per heavy atom. The first kappa shape index (κ1) is 28.7. The van der Waals surface area contributed by atoms with Gasteiger partial charge in [0.25, 0.3) is 0 Å². The average Bonchev–Trinajstić information content (AvgIpc) is 2.86. The number of carbonyl (C=O) groups excluding carboxylic acids is 1. The van der Waals surface area contributed by atoms with Gasteiger partial charge in [-0.3, -0.25) is 4.90 Å². The zero-order chi connectivity index (χ0) is 24.3. The van der Waals surface area contributed by atoms with Gasteiger partial charge < -0.3 is 38.3 Å². The summed E-state index contributed by atoms with van der Waals surface area (Å²) in [6.45, 7) is 5.85. The fraction of sp³-hybridized carbons (Fsp3) is 0.762. The summed E-state index contributed by atoms with van der Waals surface area (Å²) in [5, 5.41) is 9.16. The van der Waals surface area contributed by atoms with E-state index in [1.165, 1.54) is 16.7 Å². The normalized spacial score (nSPS) is 13.2. The second-order valence-electron chi connectivity index (χ2n) is 6.81. The van der Waals surface area contributed by atoms with Crippen molar-refractivity contribution in [1.29, 1.82) is 0 Å². The molecule has 0 radical (unpaired) electrons. The van der Waals surface area contributed by atoms with Crippen LogP contribution >= 0.6 is 11.8 Å². The molecule has 1 aliphatic rings. The summed E-state index contributed by atoms with van der Waals surface area (Å²) < 4.78 is 37.4. The molecule has 0 spiro atoms. The number of ether oxygens (including phenoxy) is 7. The van der Waals surface area contributed by atoms with Crippen molar-refractivity contribution in [1.82, 2.24) is 9.97 Å². The molecule has 12 nitrogen and oxygen atoms in total. The minimum Gasteiger partial charge on any atom is -0.444 e. The molecule has 1 aromatic rings. The van der Waals surface area contributed by atoms with E-state index in [1.54, 1.807) is 6.20 Å². The number of hydrogen-bond donors (Lipinski definition) is 1. The summed E-state index contributed by atoms with van der Waals surface area (Å²) in [5.74, 6) is 0.577. The second kappa shape index (κ2) is 18.7. The van der Waals surface area contributed by atoms with E-state index in [9.17, 15) is 4.79 Å². The molecule has 0 atom stereocenters. The fourth-order valence-electron chi connectivity index (χ4n) is 2.74. The highest BCUT2D eigenvalue weighted by molar-refractivity contribution is 7.98. The van der Waals surface area contributed by atoms with E-state index >= 15 is 0 Å². The van der Waals surface area contributed by atoms with Gasteiger partial charge in [-0.25, -0.2) is 14.8 Å². The van der Waals surface area contributed by atoms with Gasteiger partial charge >= 0.3 is 6.09 Å². The molecule has 0 bridgehead atoms. The van der Waals surface area contributed by atoms with Crippen LogP contribution in [0.3, 0.4) is 0 Å². The van der Waals surface area contributed by atoms with Crippen molar-refractivity contribution in [3.8, 4) is 0 Å². The van der Waals surface area contributed by atoms with E-state index < -0.39 is 6.09 Å². The van der Waals surface area contributed by atoms with Gasteiger partial charge in [-0.1, -0.05) is 11.8 Å². The molecule has 1 N–H and O–H groups in total. The minimum absolute atomic E-state index is 0.0196. The van der Waals surface area contributed by atoms with E-state index in [-0.39, 0.29) is 13.2 Å². The Morgan fingerprint density at radius 2 is 1.38 bits per heavy atom. The molecule has 13 heteroatoms. The summed E-state index contributed by atoms with van der Waals surface area (Å²) in [7, 11) is 0. The monoisotopic (exact) mass is 505 g/mol. The van der Waals surface area contributed by atoms with Gasteiger partial charge in [-0.15, -0.1) is 0 Å². The molecule has 2 heterocycles. The first-order valence-electron chi connectivity index (χ1n) is 11.2. The summed E-state index contributed by atoms with van der Waals surface area (Å²) in [6.07, 6.45) is 3.13. The highest BCUT2D eigenvalue weighted by Gasteiger charge is 2.27. The molecule has 1 amide bonds. The molecule has 34 heavy (non-hydrogen) atoms. The van der Waals surface area contributed by atoms with E-state index in [0.717, 1.165) is 5.56 Å². The molecule has 2 rings (SSSR count). The third-order valence-corrected chi connectivity index (χ3v) is 4.95. The largest absolute Gasteiger partial charge is 0.444 e. The highest BCUT2D eigenvalue weighted by Crippen LogP contribution is 2.25. The van der Waals surface area contributed by atoms with Crippen LogP contribution in [0.2, 0.25) is 0 Å². The first-order valence-corrected chi connectivity index (χ1v) is 12.4. The summed E-state index contributed by atoms with van der Waals surface area (Å²) in [6, 6.07) is 0. The number of aliphatic hydroxyl groups excluding tert-OH is 1. The molecule has 194 valence electrons. The molecule has 0 aromatic carbocycles. The summed E-state index contributed by atoms with van der Waals surface area (Å²) >= 11 is 1.42. The topological polar surface area (TPSA) is 131 Å². The number of aliphatic hydroxyl groups is 1. The maximum Gasteiger partial charge on any atom is 0.415 e. The Morgan fingerprint density at radius 1 is 0.882 bits per heavy atom. The van der Waals surface area contributed by atoms with Crippen molar-refractivity contribution in [3.05, 3.63) is 11.8 Å². The zero-order valence-electron chi connectivity index (χ0n) is 19.6. The number of amides is 1. The molecule has 0 unspecified atom stereocenters. The van der Waals surface area contributed by atoms with Gasteiger partial charge in [0.05, 0.1) is 98.0 Å². The Kier molecular flexibility index (Phi) is 15.8. The van der Waals surface area contributed by atoms with Gasteiger partial charge in [0, 0.05) is 6.20 Å². The van der Waals surface area contributed by atoms with Crippen LogP contribution in [0.5, 0.6) is 0 Å². The number of aromatic nitrogens is 2. The lowest BCUT2D eigenvalue weighted by molar-refractivity contribution is -0.0179. The third-order valence-electron chi connectivity index (χ3n) is 4.38. The van der Waals surface area contributed by atoms with E-state index in [1.807, 2.05) is 6.26 Å². The van der Waals surface area contributed by atoms with Crippen LogP contribution in [0.25, 0.3) is 0 Å². The number of fused-ring (bicyclic) bond motifs is 1. The van der Waals surface area contributed by atoms with Gasteiger partial charge in [-0.2, -0.15) is 0 Å². The number of nitrogens with zero attached hydrogens (tertiary/aromatic N) is 3. The first-order chi connectivity index (χ1) is 16.8. The van der Waals surface area contributed by atoms with Crippen LogP contribution < -0.4 is 4.90 Å². The average molecular weight is 506 g/mol. The van der Waals surface area contributed by atoms with E-state index in [0.29, 0.717) is 96.8 Å². The Bertz CT molecular complexity index is 687. The summed E-state index contributed by atoms with van der Waals surface area (Å²) in [5.41, 5.74) is 0.778. The SMILES string of the molecule is CSc1ncc2c(n1)N(CCOCCOCCOCCOCCOCCOCCO)C(=O)OC2. The molecule has 0 fully saturated rings. The number of cyclic esters (lactones) is 1. The summed E-state index contributed by atoms with van der Waals surface area (Å²) in [4.78, 5) is 22.2. The number of anilines is 1. The van der Waals surface area contributed by atoms with Crippen LogP contribution in [-0.4, -0.2) is 120 Å². The van der Waals surface area contributed by atoms with Gasteiger partial charge in [-0.05, 0) is 6.26 Å². The van der Waals surface area contributed by atoms with Crippen molar-refractivity contribution >= 4 is 23.7 Å². The Balaban J connectivity index is 1.38. The van der Waals surface area contributed by atoms with Gasteiger partial charge in [0.1, 0.15) is 12.4 Å². The Labute approximate surface area is 204 Å². The van der Waals surface area contributed by atoms with Crippen LogP contribution in [0.4, 0.5) is 10.6 Å².